The second kappa shape index (κ2) is 9.39. The quantitative estimate of drug-likeness (QED) is 0.446. The van der Waals surface area contributed by atoms with Gasteiger partial charge in [-0.05, 0) is 11.8 Å². The van der Waals surface area contributed by atoms with Crippen LogP contribution in [0.25, 0.3) is 0 Å². The Bertz CT molecular complexity index is 320. The van der Waals surface area contributed by atoms with Gasteiger partial charge in [-0.3, -0.25) is 4.79 Å². The molecular formula is C12H17NO2S2. The fourth-order valence-corrected chi connectivity index (χ4v) is 2.32. The molecule has 17 heavy (non-hydrogen) atoms. The number of ether oxygens (including phenoxy) is 1. The maximum atomic E-state index is 11.4. The van der Waals surface area contributed by atoms with E-state index in [0.29, 0.717) is 6.61 Å². The largest absolute Gasteiger partial charge is 0.460 e. The standard InChI is InChI=1S/C12H17NO2S2/c1-16-17-8-7-13-9-12(14)15-10-11-5-3-2-4-6-11/h2-6,13H,7-10H2,1H3. The van der Waals surface area contributed by atoms with Gasteiger partial charge in [-0.2, -0.15) is 0 Å². The van der Waals surface area contributed by atoms with E-state index in [2.05, 4.69) is 5.32 Å². The highest BCUT2D eigenvalue weighted by Gasteiger charge is 2.02. The van der Waals surface area contributed by atoms with Crippen LogP contribution >= 0.6 is 21.6 Å². The Hall–Kier alpha value is -0.650. The fourth-order valence-electron chi connectivity index (χ4n) is 1.18. The van der Waals surface area contributed by atoms with Crippen LogP contribution in [0.4, 0.5) is 0 Å². The average molecular weight is 271 g/mol. The number of carbonyl (C=O) groups excluding carboxylic acids is 1. The monoisotopic (exact) mass is 271 g/mol. The third kappa shape index (κ3) is 7.31. The van der Waals surface area contributed by atoms with Crippen molar-refractivity contribution < 1.29 is 9.53 Å². The first-order chi connectivity index (χ1) is 8.33. The Labute approximate surface area is 110 Å². The first-order valence-corrected chi connectivity index (χ1v) is 8.11. The van der Waals surface area contributed by atoms with Crippen molar-refractivity contribution in [2.75, 3.05) is 25.1 Å². The van der Waals surface area contributed by atoms with E-state index in [1.807, 2.05) is 36.6 Å². The molecule has 0 saturated carbocycles. The summed E-state index contributed by atoms with van der Waals surface area (Å²) in [5.74, 6) is 0.788. The maximum Gasteiger partial charge on any atom is 0.320 e. The predicted molar refractivity (Wildman–Crippen MR) is 75.1 cm³/mol. The summed E-state index contributed by atoms with van der Waals surface area (Å²) in [4.78, 5) is 11.4. The lowest BCUT2D eigenvalue weighted by Gasteiger charge is -2.05. The molecule has 0 aliphatic rings. The third-order valence-corrected chi connectivity index (χ3v) is 3.81. The third-order valence-electron chi connectivity index (χ3n) is 1.99. The van der Waals surface area contributed by atoms with E-state index >= 15 is 0 Å². The summed E-state index contributed by atoms with van der Waals surface area (Å²) in [5, 5.41) is 3.05. The van der Waals surface area contributed by atoms with Crippen LogP contribution < -0.4 is 5.32 Å². The van der Waals surface area contributed by atoms with Crippen molar-refractivity contribution in [3.05, 3.63) is 35.9 Å². The summed E-state index contributed by atoms with van der Waals surface area (Å²) in [5.41, 5.74) is 1.01. The van der Waals surface area contributed by atoms with E-state index in [4.69, 9.17) is 4.74 Å². The highest BCUT2D eigenvalue weighted by atomic mass is 33.1. The molecule has 0 amide bonds. The van der Waals surface area contributed by atoms with Crippen molar-refractivity contribution in [1.82, 2.24) is 5.32 Å². The molecule has 0 aliphatic heterocycles. The lowest BCUT2D eigenvalue weighted by atomic mass is 10.2. The van der Waals surface area contributed by atoms with Crippen molar-refractivity contribution >= 4 is 27.6 Å². The van der Waals surface area contributed by atoms with Gasteiger partial charge in [0.15, 0.2) is 0 Å². The summed E-state index contributed by atoms with van der Waals surface area (Å²) < 4.78 is 5.12. The van der Waals surface area contributed by atoms with Gasteiger partial charge < -0.3 is 10.1 Å². The molecule has 5 heteroatoms. The smallest absolute Gasteiger partial charge is 0.320 e. The normalized spacial score (nSPS) is 10.2. The number of carbonyl (C=O) groups is 1. The van der Waals surface area contributed by atoms with Gasteiger partial charge in [-0.15, -0.1) is 0 Å². The van der Waals surface area contributed by atoms with Gasteiger partial charge in [0.25, 0.3) is 0 Å². The second-order valence-corrected chi connectivity index (χ2v) is 6.00. The number of esters is 1. The molecule has 0 fully saturated rings. The zero-order valence-electron chi connectivity index (χ0n) is 9.85. The number of rotatable bonds is 8. The van der Waals surface area contributed by atoms with Crippen LogP contribution in [-0.2, 0) is 16.1 Å². The summed E-state index contributed by atoms with van der Waals surface area (Å²) in [6, 6.07) is 9.68. The maximum absolute atomic E-state index is 11.4. The van der Waals surface area contributed by atoms with E-state index in [9.17, 15) is 4.79 Å². The van der Waals surface area contributed by atoms with Crippen LogP contribution in [0.15, 0.2) is 30.3 Å². The number of hydrogen-bond acceptors (Lipinski definition) is 5. The highest BCUT2D eigenvalue weighted by Crippen LogP contribution is 2.14. The van der Waals surface area contributed by atoms with Crippen molar-refractivity contribution in [2.45, 2.75) is 6.61 Å². The van der Waals surface area contributed by atoms with Gasteiger partial charge in [0.05, 0.1) is 6.54 Å². The summed E-state index contributed by atoms with van der Waals surface area (Å²) in [6.45, 7) is 1.45. The molecule has 0 atom stereocenters. The molecule has 0 radical (unpaired) electrons. The second-order valence-electron chi connectivity index (χ2n) is 3.31. The van der Waals surface area contributed by atoms with Gasteiger partial charge in [0, 0.05) is 12.3 Å². The lowest BCUT2D eigenvalue weighted by Crippen LogP contribution is -2.26. The number of nitrogens with one attached hydrogen (secondary N) is 1. The van der Waals surface area contributed by atoms with Gasteiger partial charge in [0.1, 0.15) is 6.61 Å². The van der Waals surface area contributed by atoms with Crippen LogP contribution in [0.1, 0.15) is 5.56 Å². The van der Waals surface area contributed by atoms with Crippen LogP contribution in [-0.4, -0.2) is 31.1 Å². The molecule has 0 unspecified atom stereocenters. The fraction of sp³-hybridized carbons (Fsp3) is 0.417. The van der Waals surface area contributed by atoms with Crippen molar-refractivity contribution in [1.29, 1.82) is 0 Å². The molecule has 0 aliphatic carbocycles. The number of benzene rings is 1. The topological polar surface area (TPSA) is 38.3 Å². The molecule has 0 spiro atoms. The van der Waals surface area contributed by atoms with Crippen LogP contribution in [0.2, 0.25) is 0 Å². The zero-order chi connectivity index (χ0) is 12.3. The SMILES string of the molecule is CSSCCNCC(=O)OCc1ccccc1. The molecule has 3 nitrogen and oxygen atoms in total. The minimum absolute atomic E-state index is 0.206. The molecule has 0 heterocycles. The van der Waals surface area contributed by atoms with Gasteiger partial charge in [0.2, 0.25) is 0 Å². The average Bonchev–Trinajstić information content (AvgIpc) is 2.37. The van der Waals surface area contributed by atoms with Crippen LogP contribution in [0, 0.1) is 0 Å². The minimum atomic E-state index is -0.206. The van der Waals surface area contributed by atoms with E-state index < -0.39 is 0 Å². The lowest BCUT2D eigenvalue weighted by molar-refractivity contribution is -0.143. The molecule has 0 saturated heterocycles. The van der Waals surface area contributed by atoms with E-state index in [-0.39, 0.29) is 12.5 Å². The van der Waals surface area contributed by atoms with Crippen molar-refractivity contribution in [3.8, 4) is 0 Å². The Morgan fingerprint density at radius 1 is 1.35 bits per heavy atom. The summed E-state index contributed by atoms with van der Waals surface area (Å²) in [7, 11) is 3.50. The van der Waals surface area contributed by atoms with E-state index in [1.165, 1.54) is 0 Å². The molecule has 1 aromatic rings. The Morgan fingerprint density at radius 2 is 2.12 bits per heavy atom. The molecule has 1 N–H and O–H groups in total. The Balaban J connectivity index is 2.05. The zero-order valence-corrected chi connectivity index (χ0v) is 11.5. The number of hydrogen-bond donors (Lipinski definition) is 1. The van der Waals surface area contributed by atoms with E-state index in [1.54, 1.807) is 21.6 Å². The summed E-state index contributed by atoms with van der Waals surface area (Å²) in [6.07, 6.45) is 2.04. The summed E-state index contributed by atoms with van der Waals surface area (Å²) >= 11 is 0. The van der Waals surface area contributed by atoms with Crippen molar-refractivity contribution in [2.24, 2.45) is 0 Å². The molecular weight excluding hydrogens is 254 g/mol. The molecule has 1 rings (SSSR count). The Morgan fingerprint density at radius 3 is 2.82 bits per heavy atom. The van der Waals surface area contributed by atoms with E-state index in [0.717, 1.165) is 17.9 Å². The molecule has 94 valence electrons. The van der Waals surface area contributed by atoms with Gasteiger partial charge >= 0.3 is 5.97 Å². The van der Waals surface area contributed by atoms with Gasteiger partial charge in [-0.25, -0.2) is 0 Å². The van der Waals surface area contributed by atoms with Crippen LogP contribution in [0.3, 0.4) is 0 Å². The minimum Gasteiger partial charge on any atom is -0.460 e. The molecule has 0 bridgehead atoms. The predicted octanol–water partition coefficient (Wildman–Crippen LogP) is 2.33. The molecule has 0 aromatic heterocycles. The molecule has 1 aromatic carbocycles. The first-order valence-electron chi connectivity index (χ1n) is 5.39. The van der Waals surface area contributed by atoms with Crippen molar-refractivity contribution in [3.63, 3.8) is 0 Å². The van der Waals surface area contributed by atoms with Gasteiger partial charge in [-0.1, -0.05) is 51.9 Å². The van der Waals surface area contributed by atoms with Crippen LogP contribution in [0.5, 0.6) is 0 Å². The first kappa shape index (κ1) is 14.4. The highest BCUT2D eigenvalue weighted by molar-refractivity contribution is 8.76. The Kier molecular flexibility index (Phi) is 7.96.